The van der Waals surface area contributed by atoms with Crippen molar-refractivity contribution in [2.75, 3.05) is 5.32 Å². The number of hydrogen-bond acceptors (Lipinski definition) is 4. The Kier molecular flexibility index (Phi) is 5.58. The van der Waals surface area contributed by atoms with Gasteiger partial charge in [0.25, 0.3) is 5.91 Å². The molecule has 0 aliphatic rings. The lowest BCUT2D eigenvalue weighted by molar-refractivity contribution is 0.101. The first kappa shape index (κ1) is 22.0. The number of pyridine rings is 1. The zero-order valence-electron chi connectivity index (χ0n) is 17.9. The minimum Gasteiger partial charge on any atom is -0.322 e. The molecule has 0 atom stereocenters. The Morgan fingerprint density at radius 2 is 1.77 bits per heavy atom. The fraction of sp³-hybridized carbons (Fsp3) is 0. The summed E-state index contributed by atoms with van der Waals surface area (Å²) < 4.78 is 44.1. The molecule has 0 bridgehead atoms. The van der Waals surface area contributed by atoms with Gasteiger partial charge in [0.05, 0.1) is 29.3 Å². The van der Waals surface area contributed by atoms with Crippen LogP contribution in [0.4, 0.5) is 18.9 Å². The van der Waals surface area contributed by atoms with Crippen LogP contribution in [-0.4, -0.2) is 26.2 Å². The van der Waals surface area contributed by atoms with Crippen LogP contribution in [0.1, 0.15) is 26.3 Å². The number of rotatable bonds is 5. The maximum Gasteiger partial charge on any atom is 0.255 e. The number of benzene rings is 3. The van der Waals surface area contributed by atoms with Gasteiger partial charge in [-0.2, -0.15) is 0 Å². The Labute approximate surface area is 196 Å². The first-order valence-corrected chi connectivity index (χ1v) is 10.4. The van der Waals surface area contributed by atoms with Gasteiger partial charge in [0.1, 0.15) is 5.82 Å². The van der Waals surface area contributed by atoms with Crippen molar-refractivity contribution in [1.29, 1.82) is 0 Å². The Bertz CT molecular complexity index is 1600. The number of fused-ring (bicyclic) bond motifs is 1. The van der Waals surface area contributed by atoms with Gasteiger partial charge in [-0.25, -0.2) is 18.2 Å². The highest BCUT2D eigenvalue weighted by Crippen LogP contribution is 2.24. The highest BCUT2D eigenvalue weighted by molar-refractivity contribution is 6.12. The highest BCUT2D eigenvalue weighted by atomic mass is 19.2. The summed E-state index contributed by atoms with van der Waals surface area (Å²) in [5.41, 5.74) is 0.698. The first-order chi connectivity index (χ1) is 16.9. The predicted molar refractivity (Wildman–Crippen MR) is 123 cm³/mol. The van der Waals surface area contributed by atoms with E-state index in [2.05, 4.69) is 15.3 Å². The summed E-state index contributed by atoms with van der Waals surface area (Å²) in [4.78, 5) is 33.9. The summed E-state index contributed by atoms with van der Waals surface area (Å²) in [5, 5.41) is 2.98. The van der Waals surface area contributed by atoms with Gasteiger partial charge in [-0.1, -0.05) is 6.07 Å². The second kappa shape index (κ2) is 8.86. The van der Waals surface area contributed by atoms with E-state index >= 15 is 0 Å². The van der Waals surface area contributed by atoms with Gasteiger partial charge in [-0.15, -0.1) is 0 Å². The smallest absolute Gasteiger partial charge is 0.255 e. The van der Waals surface area contributed by atoms with E-state index in [0.29, 0.717) is 16.6 Å². The second-order valence-corrected chi connectivity index (χ2v) is 7.68. The van der Waals surface area contributed by atoms with Gasteiger partial charge in [0.2, 0.25) is 0 Å². The van der Waals surface area contributed by atoms with Crippen molar-refractivity contribution in [3.63, 3.8) is 0 Å². The van der Waals surface area contributed by atoms with E-state index in [9.17, 15) is 22.8 Å². The average Bonchev–Trinajstić information content (AvgIpc) is 3.40. The number of carbonyl (C=O) groups is 2. The summed E-state index contributed by atoms with van der Waals surface area (Å²) in [6.07, 6.45) is 6.59. The monoisotopic (exact) mass is 472 g/mol. The first-order valence-electron chi connectivity index (χ1n) is 10.4. The largest absolute Gasteiger partial charge is 0.322 e. The SMILES string of the molecule is O=C(Nc1cc(F)c(F)c(C(=O)c2ccc3ncc(-n4ccnc4)cc3c2)c1)c1cccc(F)c1. The molecule has 172 valence electrons. The molecule has 5 aromatic rings. The second-order valence-electron chi connectivity index (χ2n) is 7.68. The van der Waals surface area contributed by atoms with Crippen LogP contribution in [0.25, 0.3) is 16.6 Å². The van der Waals surface area contributed by atoms with Crippen molar-refractivity contribution >= 4 is 28.3 Å². The highest BCUT2D eigenvalue weighted by Gasteiger charge is 2.20. The molecule has 0 fully saturated rings. The molecule has 0 unspecified atom stereocenters. The van der Waals surface area contributed by atoms with E-state index in [0.717, 1.165) is 18.2 Å². The average molecular weight is 472 g/mol. The van der Waals surface area contributed by atoms with Crippen molar-refractivity contribution in [2.24, 2.45) is 0 Å². The van der Waals surface area contributed by atoms with Crippen LogP contribution in [-0.2, 0) is 0 Å². The topological polar surface area (TPSA) is 76.9 Å². The number of aromatic nitrogens is 3. The van der Waals surface area contributed by atoms with Crippen LogP contribution in [0.15, 0.2) is 85.6 Å². The minimum atomic E-state index is -1.34. The third kappa shape index (κ3) is 4.39. The third-order valence-corrected chi connectivity index (χ3v) is 5.35. The molecule has 5 rings (SSSR count). The number of nitrogens with one attached hydrogen (secondary N) is 1. The maximum atomic E-state index is 14.6. The molecule has 2 aromatic heterocycles. The lowest BCUT2D eigenvalue weighted by Gasteiger charge is -2.10. The van der Waals surface area contributed by atoms with Crippen molar-refractivity contribution < 1.29 is 22.8 Å². The molecule has 6 nitrogen and oxygen atoms in total. The Morgan fingerprint density at radius 3 is 2.54 bits per heavy atom. The molecule has 9 heteroatoms. The Morgan fingerprint density at radius 1 is 0.914 bits per heavy atom. The van der Waals surface area contributed by atoms with Gasteiger partial charge in [0, 0.05) is 40.7 Å². The standard InChI is InChI=1S/C26H15F3N4O2/c27-18-3-1-2-16(9-18)26(35)32-19-11-21(24(29)22(28)12-19)25(34)15-4-5-23-17(8-15)10-20(13-31-23)33-7-6-30-14-33/h1-14H,(H,32,35). The lowest BCUT2D eigenvalue weighted by Crippen LogP contribution is -2.14. The van der Waals surface area contributed by atoms with E-state index in [1.165, 1.54) is 30.3 Å². The van der Waals surface area contributed by atoms with E-state index in [1.807, 2.05) is 0 Å². The predicted octanol–water partition coefficient (Wildman–Crippen LogP) is 5.32. The summed E-state index contributed by atoms with van der Waals surface area (Å²) in [7, 11) is 0. The maximum absolute atomic E-state index is 14.6. The molecule has 0 aliphatic heterocycles. The summed E-state index contributed by atoms with van der Waals surface area (Å²) in [6.45, 7) is 0. The van der Waals surface area contributed by atoms with Crippen molar-refractivity contribution in [2.45, 2.75) is 0 Å². The summed E-state index contributed by atoms with van der Waals surface area (Å²) in [6, 6.07) is 13.1. The van der Waals surface area contributed by atoms with Gasteiger partial charge in [-0.3, -0.25) is 14.6 Å². The number of ketones is 1. The van der Waals surface area contributed by atoms with Crippen molar-refractivity contribution in [3.05, 3.63) is 120 Å². The van der Waals surface area contributed by atoms with Crippen LogP contribution in [0.2, 0.25) is 0 Å². The number of anilines is 1. The zero-order chi connectivity index (χ0) is 24.5. The number of nitrogens with zero attached hydrogens (tertiary/aromatic N) is 3. The molecule has 1 N–H and O–H groups in total. The van der Waals surface area contributed by atoms with Crippen LogP contribution in [0, 0.1) is 17.5 Å². The van der Waals surface area contributed by atoms with Gasteiger partial charge in [0.15, 0.2) is 17.4 Å². The summed E-state index contributed by atoms with van der Waals surface area (Å²) >= 11 is 0. The molecular weight excluding hydrogens is 457 g/mol. The molecule has 3 aromatic carbocycles. The normalized spacial score (nSPS) is 10.9. The van der Waals surface area contributed by atoms with Gasteiger partial charge < -0.3 is 9.88 Å². The molecule has 0 saturated carbocycles. The molecule has 1 amide bonds. The van der Waals surface area contributed by atoms with Crippen molar-refractivity contribution in [1.82, 2.24) is 14.5 Å². The van der Waals surface area contributed by atoms with E-state index < -0.39 is 34.7 Å². The Balaban J connectivity index is 1.48. The molecular formula is C26H15F3N4O2. The van der Waals surface area contributed by atoms with Crippen LogP contribution >= 0.6 is 0 Å². The van der Waals surface area contributed by atoms with E-state index in [-0.39, 0.29) is 16.8 Å². The molecule has 2 heterocycles. The number of imidazole rings is 1. The minimum absolute atomic E-state index is 0.0154. The van der Waals surface area contributed by atoms with Crippen LogP contribution in [0.5, 0.6) is 0 Å². The molecule has 0 spiro atoms. The van der Waals surface area contributed by atoms with Crippen LogP contribution < -0.4 is 5.32 Å². The fourth-order valence-corrected chi connectivity index (χ4v) is 3.63. The number of carbonyl (C=O) groups excluding carboxylic acids is 2. The molecule has 0 aliphatic carbocycles. The van der Waals surface area contributed by atoms with Crippen LogP contribution in [0.3, 0.4) is 0 Å². The fourth-order valence-electron chi connectivity index (χ4n) is 3.63. The quantitative estimate of drug-likeness (QED) is 0.351. The van der Waals surface area contributed by atoms with E-state index in [1.54, 1.807) is 41.6 Å². The van der Waals surface area contributed by atoms with Gasteiger partial charge >= 0.3 is 0 Å². The number of hydrogen-bond donors (Lipinski definition) is 1. The Hall–Kier alpha value is -4.79. The zero-order valence-corrected chi connectivity index (χ0v) is 17.9. The lowest BCUT2D eigenvalue weighted by atomic mass is 10.00. The number of halogens is 3. The van der Waals surface area contributed by atoms with Crippen molar-refractivity contribution in [3.8, 4) is 5.69 Å². The van der Waals surface area contributed by atoms with E-state index in [4.69, 9.17) is 0 Å². The summed E-state index contributed by atoms with van der Waals surface area (Å²) in [5.74, 6) is -4.80. The van der Waals surface area contributed by atoms with Gasteiger partial charge in [-0.05, 0) is 48.5 Å². The molecule has 0 saturated heterocycles. The molecule has 35 heavy (non-hydrogen) atoms. The third-order valence-electron chi connectivity index (χ3n) is 5.35. The number of amides is 1. The molecule has 0 radical (unpaired) electrons.